The van der Waals surface area contributed by atoms with Crippen LogP contribution in [-0.2, 0) is 0 Å². The van der Waals surface area contributed by atoms with E-state index in [9.17, 15) is 10.2 Å². The zero-order chi connectivity index (χ0) is 15.7. The normalized spacial score (nSPS) is 10.8. The molecule has 2 N–H and O–H groups in total. The van der Waals surface area contributed by atoms with Crippen LogP contribution in [-0.4, -0.2) is 16.8 Å². The quantitative estimate of drug-likeness (QED) is 0.458. The number of benzene rings is 1. The van der Waals surface area contributed by atoms with E-state index in [0.29, 0.717) is 17.9 Å². The molecule has 1 aromatic rings. The molecule has 0 bridgehead atoms. The Hall–Kier alpha value is -1.38. The van der Waals surface area contributed by atoms with Crippen molar-refractivity contribution in [3.63, 3.8) is 0 Å². The first-order valence-corrected chi connectivity index (χ1v) is 8.22. The van der Waals surface area contributed by atoms with Gasteiger partial charge in [-0.3, -0.25) is 0 Å². The van der Waals surface area contributed by atoms with Crippen LogP contribution in [0.2, 0.25) is 0 Å². The van der Waals surface area contributed by atoms with Crippen molar-refractivity contribution in [2.45, 2.75) is 72.1 Å². The predicted molar refractivity (Wildman–Crippen MR) is 87.4 cm³/mol. The summed E-state index contributed by atoms with van der Waals surface area (Å²) in [5, 5.41) is 19.3. The van der Waals surface area contributed by atoms with Crippen molar-refractivity contribution >= 4 is 0 Å². The first-order chi connectivity index (χ1) is 10.1. The number of phenolic OH excluding ortho intramolecular Hbond substituents is 2. The number of hydrogen-bond donors (Lipinski definition) is 2. The van der Waals surface area contributed by atoms with Gasteiger partial charge in [-0.05, 0) is 25.8 Å². The molecule has 3 nitrogen and oxygen atoms in total. The molecule has 0 saturated heterocycles. The number of hydrogen-bond acceptors (Lipinski definition) is 3. The lowest BCUT2D eigenvalue weighted by Gasteiger charge is -2.13. The molecule has 0 atom stereocenters. The Balaban J connectivity index is 2.22. The molecule has 0 amide bonds. The van der Waals surface area contributed by atoms with E-state index in [1.807, 2.05) is 6.92 Å². The Kier molecular flexibility index (Phi) is 8.03. The van der Waals surface area contributed by atoms with Crippen molar-refractivity contribution in [3.8, 4) is 17.2 Å². The molecular formula is C18H30O3. The summed E-state index contributed by atoms with van der Waals surface area (Å²) in [7, 11) is 0. The smallest absolute Gasteiger partial charge is 0.161 e. The molecule has 0 aromatic heterocycles. The third-order valence-electron chi connectivity index (χ3n) is 4.05. The lowest BCUT2D eigenvalue weighted by molar-refractivity contribution is 0.298. The Morgan fingerprint density at radius 1 is 0.857 bits per heavy atom. The first kappa shape index (κ1) is 17.7. The zero-order valence-electron chi connectivity index (χ0n) is 13.7. The van der Waals surface area contributed by atoms with Crippen LogP contribution in [0.4, 0.5) is 0 Å². The predicted octanol–water partition coefficient (Wildman–Crippen LogP) is 5.23. The average Bonchev–Trinajstić information content (AvgIpc) is 2.48. The Morgan fingerprint density at radius 2 is 1.43 bits per heavy atom. The summed E-state index contributed by atoms with van der Waals surface area (Å²) in [6.45, 7) is 6.59. The van der Waals surface area contributed by atoms with Gasteiger partial charge in [0.2, 0.25) is 0 Å². The fraction of sp³-hybridized carbons (Fsp3) is 0.667. The van der Waals surface area contributed by atoms with Gasteiger partial charge in [0.1, 0.15) is 5.75 Å². The van der Waals surface area contributed by atoms with Crippen molar-refractivity contribution in [1.82, 2.24) is 0 Å². The van der Waals surface area contributed by atoms with Gasteiger partial charge in [-0.25, -0.2) is 0 Å². The van der Waals surface area contributed by atoms with Gasteiger partial charge in [0.15, 0.2) is 11.5 Å². The molecule has 0 spiro atoms. The van der Waals surface area contributed by atoms with E-state index in [0.717, 1.165) is 12.0 Å². The molecule has 1 aromatic carbocycles. The summed E-state index contributed by atoms with van der Waals surface area (Å²) in [6.07, 6.45) is 10.2. The maximum Gasteiger partial charge on any atom is 0.161 e. The second-order valence-electron chi connectivity index (χ2n) is 5.82. The van der Waals surface area contributed by atoms with E-state index < -0.39 is 0 Å². The van der Waals surface area contributed by atoms with E-state index >= 15 is 0 Å². The van der Waals surface area contributed by atoms with E-state index in [1.54, 1.807) is 6.92 Å². The highest BCUT2D eigenvalue weighted by Crippen LogP contribution is 2.36. The van der Waals surface area contributed by atoms with Crippen molar-refractivity contribution in [2.24, 2.45) is 0 Å². The van der Waals surface area contributed by atoms with Crippen LogP contribution in [0.25, 0.3) is 0 Å². The van der Waals surface area contributed by atoms with Crippen LogP contribution in [0.15, 0.2) is 6.07 Å². The van der Waals surface area contributed by atoms with Crippen molar-refractivity contribution < 1.29 is 14.9 Å². The zero-order valence-corrected chi connectivity index (χ0v) is 13.7. The maximum atomic E-state index is 9.64. The van der Waals surface area contributed by atoms with Gasteiger partial charge in [-0.1, -0.05) is 51.9 Å². The summed E-state index contributed by atoms with van der Waals surface area (Å²) < 4.78 is 5.73. The monoisotopic (exact) mass is 294 g/mol. The van der Waals surface area contributed by atoms with Crippen LogP contribution in [0.5, 0.6) is 17.2 Å². The molecule has 0 unspecified atom stereocenters. The largest absolute Gasteiger partial charge is 0.504 e. The lowest BCUT2D eigenvalue weighted by Crippen LogP contribution is -2.00. The van der Waals surface area contributed by atoms with Gasteiger partial charge in [-0.15, -0.1) is 0 Å². The molecule has 1 rings (SSSR count). The topological polar surface area (TPSA) is 49.7 Å². The van der Waals surface area contributed by atoms with Crippen molar-refractivity contribution in [1.29, 1.82) is 0 Å². The fourth-order valence-electron chi connectivity index (χ4n) is 2.42. The fourth-order valence-corrected chi connectivity index (χ4v) is 2.42. The van der Waals surface area contributed by atoms with E-state index in [2.05, 4.69) is 6.92 Å². The van der Waals surface area contributed by atoms with E-state index in [1.165, 1.54) is 51.0 Å². The molecular weight excluding hydrogens is 264 g/mol. The number of unbranched alkanes of at least 4 members (excludes halogenated alkanes) is 7. The molecule has 0 heterocycles. The molecule has 0 aliphatic heterocycles. The minimum atomic E-state index is -0.107. The average molecular weight is 294 g/mol. The van der Waals surface area contributed by atoms with Gasteiger partial charge in [0, 0.05) is 11.6 Å². The summed E-state index contributed by atoms with van der Waals surface area (Å²) in [5.74, 6) is 0.515. The minimum Gasteiger partial charge on any atom is -0.504 e. The van der Waals surface area contributed by atoms with Crippen molar-refractivity contribution in [2.75, 3.05) is 6.61 Å². The number of rotatable bonds is 10. The summed E-state index contributed by atoms with van der Waals surface area (Å²) >= 11 is 0. The summed E-state index contributed by atoms with van der Waals surface area (Å²) in [4.78, 5) is 0. The second kappa shape index (κ2) is 9.54. The molecule has 0 fully saturated rings. The van der Waals surface area contributed by atoms with Crippen LogP contribution in [0, 0.1) is 13.8 Å². The van der Waals surface area contributed by atoms with Crippen LogP contribution in [0.1, 0.15) is 69.4 Å². The Bertz CT molecular complexity index is 427. The maximum absolute atomic E-state index is 9.64. The highest BCUT2D eigenvalue weighted by atomic mass is 16.5. The van der Waals surface area contributed by atoms with E-state index in [-0.39, 0.29) is 11.5 Å². The van der Waals surface area contributed by atoms with Crippen LogP contribution >= 0.6 is 0 Å². The number of ether oxygens (including phenoxy) is 1. The molecule has 0 aliphatic carbocycles. The van der Waals surface area contributed by atoms with E-state index in [4.69, 9.17) is 4.74 Å². The minimum absolute atomic E-state index is 0.0491. The molecule has 21 heavy (non-hydrogen) atoms. The van der Waals surface area contributed by atoms with Gasteiger partial charge in [0.05, 0.1) is 6.61 Å². The summed E-state index contributed by atoms with van der Waals surface area (Å²) in [5.41, 5.74) is 1.57. The summed E-state index contributed by atoms with van der Waals surface area (Å²) in [6, 6.07) is 1.50. The molecule has 3 heteroatoms. The Labute approximate surface area is 129 Å². The number of phenols is 2. The van der Waals surface area contributed by atoms with Gasteiger partial charge in [0.25, 0.3) is 0 Å². The standard InChI is InChI=1S/C18H30O3/c1-4-5-6-7-8-9-10-11-12-21-17-13-16(19)18(20)15(3)14(17)2/h13,19-20H,4-12H2,1-3H3. The van der Waals surface area contributed by atoms with Gasteiger partial charge >= 0.3 is 0 Å². The highest BCUT2D eigenvalue weighted by Gasteiger charge is 2.11. The SMILES string of the molecule is CCCCCCCCCCOc1cc(O)c(O)c(C)c1C. The van der Waals surface area contributed by atoms with Gasteiger partial charge < -0.3 is 14.9 Å². The second-order valence-corrected chi connectivity index (χ2v) is 5.82. The first-order valence-electron chi connectivity index (χ1n) is 8.22. The van der Waals surface area contributed by atoms with Crippen LogP contribution < -0.4 is 4.74 Å². The third kappa shape index (κ3) is 5.86. The number of aromatic hydroxyl groups is 2. The molecule has 0 saturated carbocycles. The lowest BCUT2D eigenvalue weighted by atomic mass is 10.1. The molecule has 120 valence electrons. The third-order valence-corrected chi connectivity index (χ3v) is 4.05. The van der Waals surface area contributed by atoms with Gasteiger partial charge in [-0.2, -0.15) is 0 Å². The molecule has 0 aliphatic rings. The highest BCUT2D eigenvalue weighted by molar-refractivity contribution is 5.54. The molecule has 0 radical (unpaired) electrons. The Morgan fingerprint density at radius 3 is 2.05 bits per heavy atom. The van der Waals surface area contributed by atoms with Crippen LogP contribution in [0.3, 0.4) is 0 Å². The van der Waals surface area contributed by atoms with Crippen molar-refractivity contribution in [3.05, 3.63) is 17.2 Å².